The lowest BCUT2D eigenvalue weighted by Crippen LogP contribution is -2.32. The molecule has 0 aliphatic rings. The monoisotopic (exact) mass is 304 g/mol. The van der Waals surface area contributed by atoms with Gasteiger partial charge in [0.2, 0.25) is 0 Å². The van der Waals surface area contributed by atoms with Crippen LogP contribution in [0.25, 0.3) is 0 Å². The molecule has 0 aromatic carbocycles. The fourth-order valence-corrected chi connectivity index (χ4v) is 0.864. The second-order valence-electron chi connectivity index (χ2n) is 3.55. The van der Waals surface area contributed by atoms with E-state index in [-0.39, 0.29) is 15.9 Å². The Morgan fingerprint density at radius 2 is 1.74 bits per heavy atom. The molecular weight excluding hydrogens is 288 g/mol. The van der Waals surface area contributed by atoms with Crippen LogP contribution in [-0.2, 0) is 4.79 Å². The first kappa shape index (κ1) is 17.2. The molecule has 8 nitrogen and oxygen atoms in total. The van der Waals surface area contributed by atoms with Crippen molar-refractivity contribution in [3.63, 3.8) is 0 Å². The number of carboxylic acid groups (broad SMARTS) is 1. The van der Waals surface area contributed by atoms with Crippen molar-refractivity contribution in [1.82, 2.24) is 10.0 Å². The molecule has 0 heterocycles. The summed E-state index contributed by atoms with van der Waals surface area (Å²) < 4.78 is 0. The number of hydrogen-bond acceptors (Lipinski definition) is 5. The molecule has 19 heavy (non-hydrogen) atoms. The van der Waals surface area contributed by atoms with Crippen LogP contribution in [0.3, 0.4) is 0 Å². The van der Waals surface area contributed by atoms with Crippen molar-refractivity contribution in [1.29, 1.82) is 0 Å². The normalized spacial score (nSPS) is 13.1. The van der Waals surface area contributed by atoms with Gasteiger partial charge in [0.1, 0.15) is 0 Å². The van der Waals surface area contributed by atoms with Crippen LogP contribution in [0.4, 0.5) is 0 Å². The van der Waals surface area contributed by atoms with E-state index in [1.165, 1.54) is 37.3 Å². The zero-order valence-electron chi connectivity index (χ0n) is 10.8. The quantitative estimate of drug-likeness (QED) is 0.350. The Labute approximate surface area is 121 Å². The van der Waals surface area contributed by atoms with E-state index < -0.39 is 11.9 Å². The summed E-state index contributed by atoms with van der Waals surface area (Å²) >= 11 is 9.42. The number of thiocarbonyl (C=S) groups is 2. The van der Waals surface area contributed by atoms with E-state index >= 15 is 0 Å². The molecule has 1 atom stereocenters. The molecule has 0 amide bonds. The first-order valence-corrected chi connectivity index (χ1v) is 5.90. The fraction of sp³-hybridized carbons (Fsp3) is 0.444. The van der Waals surface area contributed by atoms with E-state index in [4.69, 9.17) is 41.0 Å². The molecule has 106 valence electrons. The van der Waals surface area contributed by atoms with Crippen LogP contribution in [0.15, 0.2) is 10.2 Å². The number of hydrazone groups is 2. The maximum absolute atomic E-state index is 11.0. The second-order valence-corrected chi connectivity index (χ2v) is 4.39. The molecular formula is C9H16N6O2S2. The zero-order valence-corrected chi connectivity index (χ0v) is 12.4. The van der Waals surface area contributed by atoms with Gasteiger partial charge in [-0.15, -0.1) is 0 Å². The molecule has 0 saturated carbocycles. The zero-order chi connectivity index (χ0) is 15.2. The van der Waals surface area contributed by atoms with Crippen molar-refractivity contribution in [2.75, 3.05) is 14.1 Å². The van der Waals surface area contributed by atoms with Gasteiger partial charge < -0.3 is 16.6 Å². The van der Waals surface area contributed by atoms with Crippen LogP contribution in [0.1, 0.15) is 6.92 Å². The SMILES string of the molecule is CC(C(=O)O)C(C=NN(C)C(N)=S)=NN(C)C(N)=S. The lowest BCUT2D eigenvalue weighted by atomic mass is 10.1. The van der Waals surface area contributed by atoms with Gasteiger partial charge >= 0.3 is 5.97 Å². The van der Waals surface area contributed by atoms with Crippen LogP contribution in [0.2, 0.25) is 0 Å². The van der Waals surface area contributed by atoms with Gasteiger partial charge in [-0.3, -0.25) is 4.79 Å². The van der Waals surface area contributed by atoms with Gasteiger partial charge in [-0.25, -0.2) is 10.0 Å². The molecule has 5 N–H and O–H groups in total. The van der Waals surface area contributed by atoms with Crippen molar-refractivity contribution in [3.05, 3.63) is 0 Å². The van der Waals surface area contributed by atoms with E-state index in [0.717, 1.165) is 0 Å². The van der Waals surface area contributed by atoms with Crippen LogP contribution in [0, 0.1) is 5.92 Å². The molecule has 0 aromatic heterocycles. The summed E-state index contributed by atoms with van der Waals surface area (Å²) in [6, 6.07) is 0. The molecule has 0 spiro atoms. The van der Waals surface area contributed by atoms with E-state index in [2.05, 4.69) is 10.2 Å². The standard InChI is InChI=1S/C9H16N6O2S2/c1-5(7(16)17)6(13-15(3)9(11)19)4-12-14(2)8(10)18/h4-5H,1-3H3,(H2,10,18)(H2,11,19)(H,16,17). The molecule has 0 aromatic rings. The highest BCUT2D eigenvalue weighted by atomic mass is 32.1. The molecule has 1 unspecified atom stereocenters. The highest BCUT2D eigenvalue weighted by Crippen LogP contribution is 2.00. The first-order valence-electron chi connectivity index (χ1n) is 5.08. The van der Waals surface area contributed by atoms with Crippen molar-refractivity contribution in [2.24, 2.45) is 27.6 Å². The van der Waals surface area contributed by atoms with Gasteiger partial charge in [-0.2, -0.15) is 10.2 Å². The number of rotatable bonds is 5. The van der Waals surface area contributed by atoms with E-state index in [9.17, 15) is 4.79 Å². The third-order valence-corrected chi connectivity index (χ3v) is 2.61. The lowest BCUT2D eigenvalue weighted by molar-refractivity contribution is -0.138. The van der Waals surface area contributed by atoms with Crippen LogP contribution < -0.4 is 11.5 Å². The summed E-state index contributed by atoms with van der Waals surface area (Å²) in [4.78, 5) is 11.0. The van der Waals surface area contributed by atoms with Crippen molar-refractivity contribution in [3.8, 4) is 0 Å². The Morgan fingerprint density at radius 3 is 2.11 bits per heavy atom. The number of nitrogens with two attached hydrogens (primary N) is 2. The Kier molecular flexibility index (Phi) is 6.86. The molecule has 0 bridgehead atoms. The van der Waals surface area contributed by atoms with Crippen molar-refractivity contribution < 1.29 is 9.90 Å². The number of carboxylic acids is 1. The summed E-state index contributed by atoms with van der Waals surface area (Å²) in [6.45, 7) is 1.46. The summed E-state index contributed by atoms with van der Waals surface area (Å²) in [7, 11) is 3.03. The van der Waals surface area contributed by atoms with Gasteiger partial charge in [-0.05, 0) is 31.4 Å². The molecule has 0 saturated heterocycles. The Morgan fingerprint density at radius 1 is 1.26 bits per heavy atom. The lowest BCUT2D eigenvalue weighted by Gasteiger charge is -2.15. The van der Waals surface area contributed by atoms with Gasteiger partial charge in [0.05, 0.1) is 17.8 Å². The van der Waals surface area contributed by atoms with E-state index in [1.807, 2.05) is 0 Å². The van der Waals surface area contributed by atoms with Crippen LogP contribution in [0.5, 0.6) is 0 Å². The number of nitrogens with zero attached hydrogens (tertiary/aromatic N) is 4. The first-order chi connectivity index (χ1) is 8.66. The predicted molar refractivity (Wildman–Crippen MR) is 81.8 cm³/mol. The molecule has 0 aliphatic heterocycles. The Balaban J connectivity index is 5.24. The molecule has 0 radical (unpaired) electrons. The number of hydrogen-bond donors (Lipinski definition) is 3. The molecule has 10 heteroatoms. The smallest absolute Gasteiger partial charge is 0.312 e. The van der Waals surface area contributed by atoms with Crippen molar-refractivity contribution >= 4 is 52.6 Å². The summed E-state index contributed by atoms with van der Waals surface area (Å²) in [5.41, 5.74) is 10.9. The van der Waals surface area contributed by atoms with Gasteiger partial charge in [0.25, 0.3) is 0 Å². The third-order valence-electron chi connectivity index (χ3n) is 2.08. The number of aliphatic carboxylic acids is 1. The predicted octanol–water partition coefficient (Wildman–Crippen LogP) is -0.600. The second kappa shape index (κ2) is 7.59. The minimum Gasteiger partial charge on any atom is -0.481 e. The maximum atomic E-state index is 11.0. The average molecular weight is 304 g/mol. The van der Waals surface area contributed by atoms with Gasteiger partial charge in [0.15, 0.2) is 10.2 Å². The molecule has 0 fully saturated rings. The third kappa shape index (κ3) is 6.06. The van der Waals surface area contributed by atoms with Crippen LogP contribution >= 0.6 is 24.4 Å². The van der Waals surface area contributed by atoms with E-state index in [0.29, 0.717) is 0 Å². The summed E-state index contributed by atoms with van der Waals surface area (Å²) in [5.74, 6) is -1.94. The van der Waals surface area contributed by atoms with Crippen LogP contribution in [-0.4, -0.2) is 57.3 Å². The fourth-order valence-electron chi connectivity index (χ4n) is 0.776. The highest BCUT2D eigenvalue weighted by molar-refractivity contribution is 7.80. The number of carbonyl (C=O) groups is 1. The highest BCUT2D eigenvalue weighted by Gasteiger charge is 2.18. The summed E-state index contributed by atoms with van der Waals surface area (Å²) in [5, 5.41) is 19.3. The average Bonchev–Trinajstić information content (AvgIpc) is 2.32. The van der Waals surface area contributed by atoms with Gasteiger partial charge in [-0.1, -0.05) is 0 Å². The van der Waals surface area contributed by atoms with Gasteiger partial charge in [0, 0.05) is 14.1 Å². The largest absolute Gasteiger partial charge is 0.481 e. The summed E-state index contributed by atoms with van der Waals surface area (Å²) in [6.07, 6.45) is 1.24. The minimum absolute atomic E-state index is 0.00573. The maximum Gasteiger partial charge on any atom is 0.312 e. The van der Waals surface area contributed by atoms with E-state index in [1.54, 1.807) is 0 Å². The topological polar surface area (TPSA) is 121 Å². The minimum atomic E-state index is -1.06. The molecule has 0 aliphatic carbocycles. The Bertz CT molecular complexity index is 436. The Hall–Kier alpha value is -1.81. The van der Waals surface area contributed by atoms with Crippen molar-refractivity contribution in [2.45, 2.75) is 6.92 Å². The molecule has 0 rings (SSSR count).